The van der Waals surface area contributed by atoms with Crippen molar-refractivity contribution in [3.63, 3.8) is 0 Å². The normalized spacial score (nSPS) is 29.3. The largest absolute Gasteiger partial charge is 0.394 e. The lowest BCUT2D eigenvalue weighted by Gasteiger charge is -2.40. The molecule has 3 aromatic rings. The van der Waals surface area contributed by atoms with Gasteiger partial charge in [-0.15, -0.1) is 0 Å². The highest BCUT2D eigenvalue weighted by molar-refractivity contribution is 6.34. The lowest BCUT2D eigenvalue weighted by atomic mass is 9.74. The fraction of sp³-hybridized carbons (Fsp3) is 0.324. The zero-order chi connectivity index (χ0) is 32.2. The minimum absolute atomic E-state index is 0.195. The van der Waals surface area contributed by atoms with Gasteiger partial charge in [-0.1, -0.05) is 109 Å². The van der Waals surface area contributed by atoms with E-state index in [4.69, 9.17) is 16.3 Å². The zero-order valence-corrected chi connectivity index (χ0v) is 26.5. The van der Waals surface area contributed by atoms with Crippen molar-refractivity contribution in [2.24, 2.45) is 11.8 Å². The average molecular weight is 638 g/mol. The van der Waals surface area contributed by atoms with Crippen molar-refractivity contribution >= 4 is 35.0 Å². The van der Waals surface area contributed by atoms with Gasteiger partial charge in [0.1, 0.15) is 11.6 Å². The summed E-state index contributed by atoms with van der Waals surface area (Å²) in [4.78, 5) is 49.4. The Balaban J connectivity index is 1.38. The van der Waals surface area contributed by atoms with Gasteiger partial charge in [-0.25, -0.2) is 0 Å². The number of carbonyl (C=O) groups is 3. The summed E-state index contributed by atoms with van der Waals surface area (Å²) in [6.07, 6.45) is 7.44. The summed E-state index contributed by atoms with van der Waals surface area (Å²) >= 11 is 6.70. The molecule has 4 aliphatic rings. The molecule has 4 aliphatic heterocycles. The molecule has 236 valence electrons. The molecule has 0 aromatic heterocycles. The molecular weight excluding hydrogens is 602 g/mol. The van der Waals surface area contributed by atoms with E-state index in [1.807, 2.05) is 111 Å². The van der Waals surface area contributed by atoms with Gasteiger partial charge in [0.2, 0.25) is 11.8 Å². The summed E-state index contributed by atoms with van der Waals surface area (Å²) in [7, 11) is 0. The topological polar surface area (TPSA) is 90.4 Å². The number of hydrogen-bond acceptors (Lipinski definition) is 5. The molecule has 1 N–H and O–H groups in total. The quantitative estimate of drug-likeness (QED) is 0.390. The molecule has 1 spiro atoms. The van der Waals surface area contributed by atoms with Crippen LogP contribution in [0.2, 0.25) is 5.02 Å². The molecule has 6 atom stereocenters. The fourth-order valence-electron chi connectivity index (χ4n) is 7.99. The Bertz CT molecular complexity index is 1730. The number of para-hydroxylation sites is 1. The molecule has 0 radical (unpaired) electrons. The predicted octanol–water partition coefficient (Wildman–Crippen LogP) is 4.85. The minimum Gasteiger partial charge on any atom is -0.394 e. The number of likely N-dealkylation sites (tertiary alicyclic amines) is 1. The summed E-state index contributed by atoms with van der Waals surface area (Å²) in [5.74, 6) is -2.92. The van der Waals surface area contributed by atoms with Crippen molar-refractivity contribution < 1.29 is 24.2 Å². The molecule has 2 fully saturated rings. The van der Waals surface area contributed by atoms with Gasteiger partial charge in [-0.3, -0.25) is 14.4 Å². The number of nitrogens with zero attached hydrogens (tertiary/aromatic N) is 3. The molecule has 4 heterocycles. The lowest BCUT2D eigenvalue weighted by Crippen LogP contribution is -2.57. The van der Waals surface area contributed by atoms with Crippen LogP contribution in [0.4, 0.5) is 5.69 Å². The molecule has 8 nitrogen and oxygen atoms in total. The van der Waals surface area contributed by atoms with Crippen LogP contribution in [0.3, 0.4) is 0 Å². The fourth-order valence-corrected chi connectivity index (χ4v) is 8.31. The van der Waals surface area contributed by atoms with Crippen LogP contribution in [0.25, 0.3) is 0 Å². The molecule has 1 unspecified atom stereocenters. The maximum absolute atomic E-state index is 15.0. The number of amides is 3. The summed E-state index contributed by atoms with van der Waals surface area (Å²) in [6.45, 7) is 4.22. The van der Waals surface area contributed by atoms with Crippen LogP contribution >= 0.6 is 11.6 Å². The summed E-state index contributed by atoms with van der Waals surface area (Å²) in [5, 5.41) is 11.2. The van der Waals surface area contributed by atoms with E-state index in [0.29, 0.717) is 29.4 Å². The van der Waals surface area contributed by atoms with Gasteiger partial charge in [-0.2, -0.15) is 0 Å². The van der Waals surface area contributed by atoms with E-state index in [9.17, 15) is 14.7 Å². The standard InChI is InChI=1S/C37H36ClN3O5/c1-24-12-9-17-27(38)31(24)40-21-11-19-37-30(34(44)41(32(37)35(40)45)28(23-42)26-15-7-4-8-16-26)29-33(43)39(20-10-18-36(29,2)46-37)22-25-13-5-3-6-14-25/h3-19,28-30,32,42H,20-23H2,1-2H3/t28-,29-,30+,32?,36+,37+/m1/s1. The van der Waals surface area contributed by atoms with Crippen LogP contribution < -0.4 is 4.90 Å². The second kappa shape index (κ2) is 11.5. The first-order chi connectivity index (χ1) is 22.2. The smallest absolute Gasteiger partial charge is 0.253 e. The van der Waals surface area contributed by atoms with Gasteiger partial charge in [0.25, 0.3) is 5.91 Å². The maximum Gasteiger partial charge on any atom is 0.253 e. The van der Waals surface area contributed by atoms with Crippen molar-refractivity contribution in [3.05, 3.63) is 125 Å². The van der Waals surface area contributed by atoms with Crippen molar-refractivity contribution in [3.8, 4) is 0 Å². The number of ether oxygens (including phenoxy) is 1. The highest BCUT2D eigenvalue weighted by Crippen LogP contribution is 2.59. The summed E-state index contributed by atoms with van der Waals surface area (Å²) < 4.78 is 7.00. The van der Waals surface area contributed by atoms with Crippen LogP contribution in [0, 0.1) is 18.8 Å². The van der Waals surface area contributed by atoms with Crippen LogP contribution in [-0.2, 0) is 25.7 Å². The Labute approximate surface area is 273 Å². The molecule has 0 saturated carbocycles. The Kier molecular flexibility index (Phi) is 7.62. The molecule has 46 heavy (non-hydrogen) atoms. The van der Waals surface area contributed by atoms with Crippen molar-refractivity contribution in [2.75, 3.05) is 24.6 Å². The van der Waals surface area contributed by atoms with E-state index >= 15 is 4.79 Å². The van der Waals surface area contributed by atoms with Crippen molar-refractivity contribution in [1.29, 1.82) is 0 Å². The number of aliphatic hydroxyl groups excluding tert-OH is 1. The molecular formula is C37H36ClN3O5. The SMILES string of the molecule is Cc1cccc(Cl)c1N1CC=C[C@]23O[C@@]4(C)C=CCN(Cc5ccccc5)C(=O)[C@H]4[C@H]2C(=O)N([C@H](CO)c2ccccc2)C3C1=O. The van der Waals surface area contributed by atoms with Crippen LogP contribution in [0.15, 0.2) is 103 Å². The Morgan fingerprint density at radius 1 is 0.870 bits per heavy atom. The third-order valence-corrected chi connectivity index (χ3v) is 10.3. The number of aryl methyl sites for hydroxylation is 1. The van der Waals surface area contributed by atoms with Crippen molar-refractivity contribution in [1.82, 2.24) is 9.80 Å². The lowest BCUT2D eigenvalue weighted by molar-refractivity contribution is -0.151. The number of aliphatic hydroxyl groups is 1. The number of carbonyl (C=O) groups excluding carboxylic acids is 3. The Morgan fingerprint density at radius 2 is 1.57 bits per heavy atom. The second-order valence-electron chi connectivity index (χ2n) is 12.7. The molecule has 3 amide bonds. The number of hydrogen-bond donors (Lipinski definition) is 1. The van der Waals surface area contributed by atoms with Gasteiger partial charge >= 0.3 is 0 Å². The van der Waals surface area contributed by atoms with Gasteiger partial charge < -0.3 is 24.5 Å². The monoisotopic (exact) mass is 637 g/mol. The van der Waals surface area contributed by atoms with Gasteiger partial charge in [0, 0.05) is 19.6 Å². The van der Waals surface area contributed by atoms with E-state index in [1.54, 1.807) is 15.9 Å². The second-order valence-corrected chi connectivity index (χ2v) is 13.1. The molecule has 2 saturated heterocycles. The molecule has 0 bridgehead atoms. The van der Waals surface area contributed by atoms with E-state index < -0.39 is 47.6 Å². The van der Waals surface area contributed by atoms with Crippen LogP contribution in [0.1, 0.15) is 29.7 Å². The first-order valence-corrected chi connectivity index (χ1v) is 16.0. The van der Waals surface area contributed by atoms with Gasteiger partial charge in [0.15, 0.2) is 0 Å². The van der Waals surface area contributed by atoms with Crippen LogP contribution in [-0.4, -0.2) is 69.6 Å². The summed E-state index contributed by atoms with van der Waals surface area (Å²) in [6, 6.07) is 22.3. The van der Waals surface area contributed by atoms with Crippen LogP contribution in [0.5, 0.6) is 0 Å². The van der Waals surface area contributed by atoms with E-state index in [0.717, 1.165) is 11.1 Å². The predicted molar refractivity (Wildman–Crippen MR) is 175 cm³/mol. The number of benzene rings is 3. The average Bonchev–Trinajstić information content (AvgIpc) is 3.32. The third kappa shape index (κ3) is 4.62. The highest BCUT2D eigenvalue weighted by Gasteiger charge is 2.75. The zero-order valence-electron chi connectivity index (χ0n) is 25.8. The molecule has 3 aromatic carbocycles. The molecule has 0 aliphatic carbocycles. The molecule has 7 rings (SSSR count). The highest BCUT2D eigenvalue weighted by atomic mass is 35.5. The minimum atomic E-state index is -1.48. The first kappa shape index (κ1) is 30.4. The first-order valence-electron chi connectivity index (χ1n) is 15.6. The van der Waals surface area contributed by atoms with E-state index in [-0.39, 0.29) is 18.4 Å². The Hall–Kier alpha value is -4.24. The number of fused-ring (bicyclic) bond motifs is 2. The number of halogens is 1. The number of rotatable bonds is 6. The third-order valence-electron chi connectivity index (χ3n) is 9.95. The van der Waals surface area contributed by atoms with E-state index in [2.05, 4.69) is 0 Å². The summed E-state index contributed by atoms with van der Waals surface area (Å²) in [5.41, 5.74) is 0.368. The van der Waals surface area contributed by atoms with Crippen molar-refractivity contribution in [2.45, 2.75) is 43.7 Å². The van der Waals surface area contributed by atoms with Gasteiger partial charge in [0.05, 0.1) is 40.8 Å². The maximum atomic E-state index is 15.0. The van der Waals surface area contributed by atoms with Gasteiger partial charge in [-0.05, 0) is 36.6 Å². The Morgan fingerprint density at radius 3 is 2.26 bits per heavy atom. The number of anilines is 1. The molecule has 9 heteroatoms. The van der Waals surface area contributed by atoms with E-state index in [1.165, 1.54) is 4.90 Å².